The standard InChI is InChI=1S/C23H18ClF3N4O4S2/c1-28-18-9-12-6-7-31(20(32)10-13(12)8-16(18)25)14-2-3-17(15(11-14)22(26)27)29-23(33)30-37(34,35)21-5-4-19(24)36-21/h2-9,11,22,28H,10H2,1H3,(H2,29,30,33). The zero-order valence-electron chi connectivity index (χ0n) is 18.9. The largest absolute Gasteiger partial charge is 0.386 e. The van der Waals surface area contributed by atoms with Gasteiger partial charge in [0.25, 0.3) is 16.4 Å². The molecule has 0 spiro atoms. The number of nitrogens with one attached hydrogen (secondary N) is 3. The Morgan fingerprint density at radius 3 is 2.54 bits per heavy atom. The van der Waals surface area contributed by atoms with E-state index < -0.39 is 39.8 Å². The number of carbonyl (C=O) groups excluding carboxylic acids is 2. The van der Waals surface area contributed by atoms with Crippen molar-refractivity contribution < 1.29 is 31.2 Å². The molecule has 0 saturated carbocycles. The van der Waals surface area contributed by atoms with Crippen LogP contribution in [0.25, 0.3) is 6.08 Å². The van der Waals surface area contributed by atoms with Crippen LogP contribution in [0.15, 0.2) is 52.9 Å². The van der Waals surface area contributed by atoms with Crippen LogP contribution in [-0.4, -0.2) is 27.4 Å². The van der Waals surface area contributed by atoms with E-state index >= 15 is 0 Å². The molecule has 4 rings (SSSR count). The van der Waals surface area contributed by atoms with Gasteiger partial charge in [-0.2, -0.15) is 0 Å². The van der Waals surface area contributed by atoms with Gasteiger partial charge < -0.3 is 10.6 Å². The smallest absolute Gasteiger partial charge is 0.333 e. The van der Waals surface area contributed by atoms with Crippen molar-refractivity contribution in [1.29, 1.82) is 0 Å². The average Bonchev–Trinajstić information content (AvgIpc) is 3.21. The first-order chi connectivity index (χ1) is 17.5. The maximum atomic E-state index is 14.2. The predicted octanol–water partition coefficient (Wildman–Crippen LogP) is 5.59. The molecular weight excluding hydrogens is 553 g/mol. The molecule has 0 atom stereocenters. The number of thiophene rings is 1. The van der Waals surface area contributed by atoms with Crippen molar-refractivity contribution in [3.05, 3.63) is 75.5 Å². The van der Waals surface area contributed by atoms with Gasteiger partial charge in [0.1, 0.15) is 10.0 Å². The number of hydrogen-bond donors (Lipinski definition) is 3. The second-order valence-corrected chi connectivity index (χ2v) is 11.4. The summed E-state index contributed by atoms with van der Waals surface area (Å²) in [6.45, 7) is 0. The van der Waals surface area contributed by atoms with Gasteiger partial charge in [-0.1, -0.05) is 11.6 Å². The summed E-state index contributed by atoms with van der Waals surface area (Å²) in [5.41, 5.74) is 0.325. The topological polar surface area (TPSA) is 108 Å². The van der Waals surface area contributed by atoms with Crippen molar-refractivity contribution in [2.24, 2.45) is 0 Å². The molecule has 194 valence electrons. The lowest BCUT2D eigenvalue weighted by Crippen LogP contribution is -2.34. The Hall–Kier alpha value is -3.55. The van der Waals surface area contributed by atoms with Gasteiger partial charge in [0.15, 0.2) is 0 Å². The van der Waals surface area contributed by atoms with E-state index in [1.165, 1.54) is 36.5 Å². The fourth-order valence-electron chi connectivity index (χ4n) is 3.60. The highest BCUT2D eigenvalue weighted by molar-refractivity contribution is 7.92. The van der Waals surface area contributed by atoms with Crippen molar-refractivity contribution in [2.45, 2.75) is 17.1 Å². The van der Waals surface area contributed by atoms with E-state index in [1.807, 2.05) is 0 Å². The van der Waals surface area contributed by atoms with Crippen molar-refractivity contribution >= 4 is 68.0 Å². The van der Waals surface area contributed by atoms with Crippen molar-refractivity contribution in [3.8, 4) is 0 Å². The Morgan fingerprint density at radius 1 is 1.14 bits per heavy atom. The molecule has 1 aliphatic heterocycles. The van der Waals surface area contributed by atoms with Crippen LogP contribution in [-0.2, 0) is 21.2 Å². The molecular formula is C23H18ClF3N4O4S2. The normalized spacial score (nSPS) is 13.4. The third-order valence-electron chi connectivity index (χ3n) is 5.35. The van der Waals surface area contributed by atoms with Gasteiger partial charge in [0.2, 0.25) is 5.91 Å². The summed E-state index contributed by atoms with van der Waals surface area (Å²) in [5, 5.41) is 4.82. The molecule has 0 fully saturated rings. The molecule has 0 bridgehead atoms. The van der Waals surface area contributed by atoms with E-state index in [4.69, 9.17) is 11.6 Å². The van der Waals surface area contributed by atoms with Crippen molar-refractivity contribution in [2.75, 3.05) is 22.6 Å². The maximum absolute atomic E-state index is 14.2. The van der Waals surface area contributed by atoms with Gasteiger partial charge >= 0.3 is 6.03 Å². The number of fused-ring (bicyclic) bond motifs is 1. The summed E-state index contributed by atoms with van der Waals surface area (Å²) in [6, 6.07) is 7.48. The number of urea groups is 1. The number of hydrogen-bond acceptors (Lipinski definition) is 6. The van der Waals surface area contributed by atoms with Crippen LogP contribution < -0.4 is 20.3 Å². The zero-order chi connectivity index (χ0) is 26.9. The average molecular weight is 571 g/mol. The second kappa shape index (κ2) is 10.4. The van der Waals surface area contributed by atoms with Crippen LogP contribution in [0, 0.1) is 5.82 Å². The number of nitrogens with zero attached hydrogens (tertiary/aromatic N) is 1. The van der Waals surface area contributed by atoms with E-state index in [1.54, 1.807) is 17.8 Å². The Bertz CT molecular complexity index is 1530. The first kappa shape index (κ1) is 26.5. The summed E-state index contributed by atoms with van der Waals surface area (Å²) >= 11 is 6.44. The molecule has 2 heterocycles. The Kier molecular flexibility index (Phi) is 7.48. The summed E-state index contributed by atoms with van der Waals surface area (Å²) in [4.78, 5) is 26.3. The molecule has 0 radical (unpaired) electrons. The van der Waals surface area contributed by atoms with Crippen molar-refractivity contribution in [3.63, 3.8) is 0 Å². The van der Waals surface area contributed by atoms with Crippen LogP contribution in [0.1, 0.15) is 23.1 Å². The molecule has 37 heavy (non-hydrogen) atoms. The minimum atomic E-state index is -4.27. The van der Waals surface area contributed by atoms with E-state index in [0.29, 0.717) is 22.5 Å². The number of anilines is 3. The summed E-state index contributed by atoms with van der Waals surface area (Å²) in [6.07, 6.45) is -0.308. The molecule has 1 aromatic heterocycles. The zero-order valence-corrected chi connectivity index (χ0v) is 21.3. The minimum absolute atomic E-state index is 0.0745. The molecule has 8 nitrogen and oxygen atoms in total. The third-order valence-corrected chi connectivity index (χ3v) is 8.40. The van der Waals surface area contributed by atoms with E-state index in [-0.39, 0.29) is 32.0 Å². The summed E-state index contributed by atoms with van der Waals surface area (Å²) in [5.74, 6) is -1.03. The van der Waals surface area contributed by atoms with Crippen LogP contribution in [0.3, 0.4) is 0 Å². The van der Waals surface area contributed by atoms with E-state index in [9.17, 15) is 31.2 Å². The lowest BCUT2D eigenvalue weighted by molar-refractivity contribution is -0.117. The van der Waals surface area contributed by atoms with Gasteiger partial charge in [0.05, 0.1) is 22.1 Å². The fraction of sp³-hybridized carbons (Fsp3) is 0.130. The highest BCUT2D eigenvalue weighted by Crippen LogP contribution is 2.33. The Morgan fingerprint density at radius 2 is 1.89 bits per heavy atom. The molecule has 3 amide bonds. The molecule has 0 unspecified atom stereocenters. The first-order valence-corrected chi connectivity index (χ1v) is 13.2. The van der Waals surface area contributed by atoms with Crippen LogP contribution >= 0.6 is 22.9 Å². The second-order valence-electron chi connectivity index (χ2n) is 7.73. The molecule has 3 aromatic rings. The summed E-state index contributed by atoms with van der Waals surface area (Å²) in [7, 11) is -2.72. The first-order valence-electron chi connectivity index (χ1n) is 10.5. The SMILES string of the molecule is CNc1cc2c(cc1F)CC(=O)N(c1ccc(NC(=O)NS(=O)(=O)c3ccc(Cl)s3)c(C(F)F)c1)C=C2. The van der Waals surface area contributed by atoms with Gasteiger partial charge in [-0.15, -0.1) is 11.3 Å². The molecule has 2 aromatic carbocycles. The van der Waals surface area contributed by atoms with Gasteiger partial charge in [0, 0.05) is 24.5 Å². The lowest BCUT2D eigenvalue weighted by atomic mass is 10.0. The van der Waals surface area contributed by atoms with Crippen LogP contribution in [0.4, 0.5) is 35.0 Å². The fourth-order valence-corrected chi connectivity index (χ4v) is 5.99. The molecule has 0 aliphatic carbocycles. The van der Waals surface area contributed by atoms with Gasteiger partial charge in [-0.05, 0) is 59.7 Å². The number of rotatable bonds is 6. The summed E-state index contributed by atoms with van der Waals surface area (Å²) < 4.78 is 68.2. The highest BCUT2D eigenvalue weighted by Gasteiger charge is 2.25. The van der Waals surface area contributed by atoms with E-state index in [0.717, 1.165) is 17.0 Å². The molecule has 3 N–H and O–H groups in total. The number of halogens is 4. The maximum Gasteiger partial charge on any atom is 0.333 e. The minimum Gasteiger partial charge on any atom is -0.386 e. The Labute approximate surface area is 218 Å². The number of amides is 3. The molecule has 1 aliphatic rings. The molecule has 0 saturated heterocycles. The quantitative estimate of drug-likeness (QED) is 0.358. The third kappa shape index (κ3) is 5.73. The van der Waals surface area contributed by atoms with Crippen LogP contribution in [0.2, 0.25) is 4.34 Å². The van der Waals surface area contributed by atoms with Gasteiger partial charge in [-0.25, -0.2) is 31.1 Å². The van der Waals surface area contributed by atoms with Gasteiger partial charge in [-0.3, -0.25) is 9.69 Å². The molecule has 14 heteroatoms. The Balaban J connectivity index is 1.58. The number of benzene rings is 2. The number of sulfonamides is 1. The van der Waals surface area contributed by atoms with E-state index in [2.05, 4.69) is 10.6 Å². The highest BCUT2D eigenvalue weighted by atomic mass is 35.5. The van der Waals surface area contributed by atoms with Crippen molar-refractivity contribution in [1.82, 2.24) is 4.72 Å². The van der Waals surface area contributed by atoms with Crippen LogP contribution in [0.5, 0.6) is 0 Å². The monoisotopic (exact) mass is 570 g/mol. The lowest BCUT2D eigenvalue weighted by Gasteiger charge is -2.20. The number of carbonyl (C=O) groups is 2. The predicted molar refractivity (Wildman–Crippen MR) is 136 cm³/mol. The number of alkyl halides is 2.